The molecule has 60 heavy (non-hydrogen) atoms. The lowest BCUT2D eigenvalue weighted by atomic mass is 9.65. The maximum absolute atomic E-state index is 6.68. The summed E-state index contributed by atoms with van der Waals surface area (Å²) in [6.07, 6.45) is 0. The summed E-state index contributed by atoms with van der Waals surface area (Å²) >= 11 is 0. The molecule has 0 amide bonds. The van der Waals surface area contributed by atoms with Gasteiger partial charge in [-0.15, -0.1) is 0 Å². The zero-order valence-corrected chi connectivity index (χ0v) is 32.6. The van der Waals surface area contributed by atoms with Crippen LogP contribution < -0.4 is 4.74 Å². The van der Waals surface area contributed by atoms with E-state index in [9.17, 15) is 0 Å². The smallest absolute Gasteiger partial charge is 0.160 e. The summed E-state index contributed by atoms with van der Waals surface area (Å²) in [5.41, 5.74) is 16.2. The van der Waals surface area contributed by atoms with Crippen LogP contribution in [0.25, 0.3) is 78.1 Å². The largest absolute Gasteiger partial charge is 0.457 e. The summed E-state index contributed by atoms with van der Waals surface area (Å²) in [4.78, 5) is 10.3. The van der Waals surface area contributed by atoms with E-state index < -0.39 is 5.41 Å². The molecular weight excluding hydrogens is 729 g/mol. The summed E-state index contributed by atoms with van der Waals surface area (Å²) in [5, 5.41) is 2.48. The number of para-hydroxylation sites is 2. The lowest BCUT2D eigenvalue weighted by Crippen LogP contribution is -2.32. The average Bonchev–Trinajstić information content (AvgIpc) is 3.62. The third-order valence-electron chi connectivity index (χ3n) is 12.4. The van der Waals surface area contributed by atoms with E-state index in [1.807, 2.05) is 24.3 Å². The second kappa shape index (κ2) is 13.6. The van der Waals surface area contributed by atoms with E-state index in [2.05, 4.69) is 194 Å². The van der Waals surface area contributed by atoms with E-state index in [4.69, 9.17) is 14.7 Å². The standard InChI is InChI=1S/C57H36N2O/c1-3-14-37(15-4-1)38-26-28-40(29-27-38)51-36-52(59-56(58-51)41-17-5-2-6-18-41)44-20-13-19-42(34-44)43-31-32-46-47-33-30-39-16-7-8-21-45(39)55(47)57(50(46)35-43)48-22-9-11-24-53(48)60-54-25-12-10-23-49(54)57/h1-36H. The zero-order chi connectivity index (χ0) is 39.6. The van der Waals surface area contributed by atoms with Crippen molar-refractivity contribution in [3.8, 4) is 78.8 Å². The van der Waals surface area contributed by atoms with Gasteiger partial charge in [0.15, 0.2) is 5.82 Å². The molecule has 1 aromatic heterocycles. The molecule has 0 radical (unpaired) electrons. The molecule has 9 aromatic carbocycles. The monoisotopic (exact) mass is 764 g/mol. The maximum atomic E-state index is 6.68. The number of nitrogens with zero attached hydrogens (tertiary/aromatic N) is 2. The van der Waals surface area contributed by atoms with Gasteiger partial charge in [-0.05, 0) is 85.6 Å². The number of ether oxygens (including phenoxy) is 1. The molecule has 10 aromatic rings. The molecule has 280 valence electrons. The van der Waals surface area contributed by atoms with E-state index in [-0.39, 0.29) is 0 Å². The fourth-order valence-electron chi connectivity index (χ4n) is 9.64. The molecular formula is C57H36N2O. The first kappa shape index (κ1) is 34.2. The quantitative estimate of drug-likeness (QED) is 0.175. The van der Waals surface area contributed by atoms with Gasteiger partial charge >= 0.3 is 0 Å². The van der Waals surface area contributed by atoms with Crippen molar-refractivity contribution in [2.45, 2.75) is 5.41 Å². The van der Waals surface area contributed by atoms with Gasteiger partial charge in [0.05, 0.1) is 16.8 Å². The first-order valence-electron chi connectivity index (χ1n) is 20.5. The number of hydrogen-bond donors (Lipinski definition) is 0. The van der Waals surface area contributed by atoms with Crippen LogP contribution >= 0.6 is 0 Å². The maximum Gasteiger partial charge on any atom is 0.160 e. The predicted octanol–water partition coefficient (Wildman–Crippen LogP) is 14.4. The highest BCUT2D eigenvalue weighted by Gasteiger charge is 2.52. The third-order valence-corrected chi connectivity index (χ3v) is 12.4. The molecule has 3 heteroatoms. The topological polar surface area (TPSA) is 35.0 Å². The van der Waals surface area contributed by atoms with E-state index in [0.717, 1.165) is 61.8 Å². The summed E-state index contributed by atoms with van der Waals surface area (Å²) in [5.74, 6) is 2.47. The number of hydrogen-bond acceptors (Lipinski definition) is 3. The van der Waals surface area contributed by atoms with Crippen molar-refractivity contribution in [3.05, 3.63) is 241 Å². The Morgan fingerprint density at radius 3 is 1.62 bits per heavy atom. The number of rotatable bonds is 5. The average molecular weight is 765 g/mol. The lowest BCUT2D eigenvalue weighted by Gasteiger charge is -2.40. The zero-order valence-electron chi connectivity index (χ0n) is 32.6. The molecule has 0 saturated heterocycles. The normalized spacial score (nSPS) is 12.9. The van der Waals surface area contributed by atoms with Crippen molar-refractivity contribution in [2.24, 2.45) is 0 Å². The van der Waals surface area contributed by atoms with Gasteiger partial charge in [0.1, 0.15) is 11.5 Å². The van der Waals surface area contributed by atoms with Gasteiger partial charge in [0.2, 0.25) is 0 Å². The second-order valence-corrected chi connectivity index (χ2v) is 15.7. The van der Waals surface area contributed by atoms with Gasteiger partial charge in [-0.2, -0.15) is 0 Å². The second-order valence-electron chi connectivity index (χ2n) is 15.7. The van der Waals surface area contributed by atoms with E-state index in [1.54, 1.807) is 0 Å². The van der Waals surface area contributed by atoms with E-state index in [1.165, 1.54) is 44.2 Å². The summed E-state index contributed by atoms with van der Waals surface area (Å²) in [7, 11) is 0. The summed E-state index contributed by atoms with van der Waals surface area (Å²) < 4.78 is 6.68. The Bertz CT molecular complexity index is 3240. The van der Waals surface area contributed by atoms with Crippen molar-refractivity contribution >= 4 is 10.8 Å². The Morgan fingerprint density at radius 2 is 0.867 bits per heavy atom. The fourth-order valence-corrected chi connectivity index (χ4v) is 9.64. The molecule has 1 aliphatic carbocycles. The van der Waals surface area contributed by atoms with Crippen LogP contribution in [0.1, 0.15) is 22.3 Å². The van der Waals surface area contributed by atoms with Crippen LogP contribution in [0.15, 0.2) is 218 Å². The molecule has 1 aliphatic heterocycles. The Hall–Kier alpha value is -7.88. The van der Waals surface area contributed by atoms with E-state index >= 15 is 0 Å². The van der Waals surface area contributed by atoms with Crippen LogP contribution in [-0.2, 0) is 5.41 Å². The van der Waals surface area contributed by atoms with Crippen LogP contribution in [-0.4, -0.2) is 9.97 Å². The third kappa shape index (κ3) is 5.30. The molecule has 1 spiro atoms. The molecule has 3 nitrogen and oxygen atoms in total. The van der Waals surface area contributed by atoms with Crippen molar-refractivity contribution in [1.82, 2.24) is 9.97 Å². The Balaban J connectivity index is 1.03. The van der Waals surface area contributed by atoms with Crippen LogP contribution in [0, 0.1) is 0 Å². The van der Waals surface area contributed by atoms with Gasteiger partial charge in [-0.1, -0.05) is 188 Å². The molecule has 0 saturated carbocycles. The molecule has 12 rings (SSSR count). The van der Waals surface area contributed by atoms with Gasteiger partial charge in [-0.25, -0.2) is 9.97 Å². The molecule has 0 fully saturated rings. The van der Waals surface area contributed by atoms with Crippen LogP contribution in [0.2, 0.25) is 0 Å². The van der Waals surface area contributed by atoms with Gasteiger partial charge in [0.25, 0.3) is 0 Å². The number of fused-ring (bicyclic) bond motifs is 11. The highest BCUT2D eigenvalue weighted by atomic mass is 16.5. The van der Waals surface area contributed by atoms with Crippen LogP contribution in [0.4, 0.5) is 0 Å². The van der Waals surface area contributed by atoms with Crippen molar-refractivity contribution in [3.63, 3.8) is 0 Å². The molecule has 0 bridgehead atoms. The van der Waals surface area contributed by atoms with Gasteiger partial charge < -0.3 is 4.74 Å². The van der Waals surface area contributed by atoms with Crippen LogP contribution in [0.5, 0.6) is 11.5 Å². The summed E-state index contributed by atoms with van der Waals surface area (Å²) in [6, 6.07) is 77.9. The first-order chi connectivity index (χ1) is 29.7. The van der Waals surface area contributed by atoms with Crippen molar-refractivity contribution < 1.29 is 4.74 Å². The molecule has 0 unspecified atom stereocenters. The highest BCUT2D eigenvalue weighted by molar-refractivity contribution is 6.01. The fraction of sp³-hybridized carbons (Fsp3) is 0.0175. The van der Waals surface area contributed by atoms with E-state index in [0.29, 0.717) is 5.82 Å². The molecule has 2 aliphatic rings. The number of aromatic nitrogens is 2. The van der Waals surface area contributed by atoms with Crippen molar-refractivity contribution in [2.75, 3.05) is 0 Å². The molecule has 0 N–H and O–H groups in total. The predicted molar refractivity (Wildman–Crippen MR) is 244 cm³/mol. The highest BCUT2D eigenvalue weighted by Crippen LogP contribution is 2.63. The van der Waals surface area contributed by atoms with Crippen molar-refractivity contribution in [1.29, 1.82) is 0 Å². The Morgan fingerprint density at radius 1 is 0.333 bits per heavy atom. The minimum absolute atomic E-state index is 0.590. The number of benzene rings is 9. The van der Waals surface area contributed by atoms with Gasteiger partial charge in [-0.3, -0.25) is 0 Å². The minimum atomic E-state index is -0.590. The Kier molecular flexibility index (Phi) is 7.76. The SMILES string of the molecule is c1ccc(-c2ccc(-c3cc(-c4cccc(-c5ccc6c(c5)C5(c7ccccc7Oc7ccccc75)c5c-6ccc6ccccc56)c4)nc(-c4ccccc4)n3)cc2)cc1. The molecule has 2 heterocycles. The summed E-state index contributed by atoms with van der Waals surface area (Å²) in [6.45, 7) is 0. The van der Waals surface area contributed by atoms with Crippen LogP contribution in [0.3, 0.4) is 0 Å². The first-order valence-corrected chi connectivity index (χ1v) is 20.5. The molecule has 0 atom stereocenters. The van der Waals surface area contributed by atoms with Gasteiger partial charge in [0, 0.05) is 27.8 Å². The lowest BCUT2D eigenvalue weighted by molar-refractivity contribution is 0.437. The minimum Gasteiger partial charge on any atom is -0.457 e. The Labute approximate surface area is 348 Å².